The highest BCUT2D eigenvalue weighted by molar-refractivity contribution is 6.42. The molecular formula is C16H17Cl2NO3. The fraction of sp³-hybridized carbons (Fsp3) is 0.500. The molecule has 1 saturated carbocycles. The van der Waals surface area contributed by atoms with Crippen molar-refractivity contribution in [1.82, 2.24) is 4.90 Å². The Labute approximate surface area is 139 Å². The van der Waals surface area contributed by atoms with E-state index in [2.05, 4.69) is 0 Å². The van der Waals surface area contributed by atoms with Crippen LogP contribution in [0.4, 0.5) is 0 Å². The van der Waals surface area contributed by atoms with E-state index in [1.165, 1.54) is 0 Å². The lowest BCUT2D eigenvalue weighted by Crippen LogP contribution is -2.31. The van der Waals surface area contributed by atoms with Crippen LogP contribution in [0.3, 0.4) is 0 Å². The van der Waals surface area contributed by atoms with Crippen molar-refractivity contribution in [2.75, 3.05) is 13.1 Å². The molecule has 6 heteroatoms. The minimum atomic E-state index is -0.826. The van der Waals surface area contributed by atoms with E-state index in [0.29, 0.717) is 23.1 Å². The van der Waals surface area contributed by atoms with Gasteiger partial charge in [-0.3, -0.25) is 9.59 Å². The third-order valence-electron chi connectivity index (χ3n) is 4.73. The number of benzene rings is 1. The maximum atomic E-state index is 12.6. The number of amides is 1. The third kappa shape index (κ3) is 2.70. The number of carbonyl (C=O) groups is 2. The first kappa shape index (κ1) is 15.6. The summed E-state index contributed by atoms with van der Waals surface area (Å²) in [5.74, 6) is -1.26. The van der Waals surface area contributed by atoms with Crippen LogP contribution < -0.4 is 0 Å². The number of hydrogen-bond acceptors (Lipinski definition) is 2. The summed E-state index contributed by atoms with van der Waals surface area (Å²) in [5, 5.41) is 10.2. The first-order chi connectivity index (χ1) is 10.4. The smallest absolute Gasteiger partial charge is 0.308 e. The summed E-state index contributed by atoms with van der Waals surface area (Å²) in [5.41, 5.74) is 0.912. The fourth-order valence-corrected chi connectivity index (χ4v) is 3.77. The molecule has 2 aliphatic rings. The van der Waals surface area contributed by atoms with E-state index < -0.39 is 11.9 Å². The van der Waals surface area contributed by atoms with Crippen molar-refractivity contribution in [3.05, 3.63) is 33.8 Å². The zero-order chi connectivity index (χ0) is 16.0. The molecule has 1 aliphatic carbocycles. The van der Waals surface area contributed by atoms with Gasteiger partial charge in [0, 0.05) is 19.0 Å². The van der Waals surface area contributed by atoms with Crippen LogP contribution in [0.25, 0.3) is 0 Å². The molecule has 1 heterocycles. The van der Waals surface area contributed by atoms with E-state index in [0.717, 1.165) is 12.0 Å². The molecule has 1 aromatic carbocycles. The maximum absolute atomic E-state index is 12.6. The maximum Gasteiger partial charge on any atom is 0.308 e. The summed E-state index contributed by atoms with van der Waals surface area (Å²) in [6.07, 6.45) is 0.752. The van der Waals surface area contributed by atoms with E-state index in [-0.39, 0.29) is 23.7 Å². The molecule has 2 unspecified atom stereocenters. The molecule has 0 bridgehead atoms. The summed E-state index contributed by atoms with van der Waals surface area (Å²) >= 11 is 12.2. The third-order valence-corrected chi connectivity index (χ3v) is 5.56. The highest BCUT2D eigenvalue weighted by Crippen LogP contribution is 2.51. The van der Waals surface area contributed by atoms with E-state index in [4.69, 9.17) is 28.3 Å². The molecule has 4 atom stereocenters. The average molecular weight is 342 g/mol. The van der Waals surface area contributed by atoms with Gasteiger partial charge in [-0.15, -0.1) is 0 Å². The number of carboxylic acid groups (broad SMARTS) is 1. The van der Waals surface area contributed by atoms with Crippen LogP contribution in [0, 0.1) is 17.8 Å². The van der Waals surface area contributed by atoms with Crippen LogP contribution in [-0.4, -0.2) is 35.0 Å². The second-order valence-corrected chi connectivity index (χ2v) is 7.04. The second kappa shape index (κ2) is 5.74. The molecule has 4 nitrogen and oxygen atoms in total. The van der Waals surface area contributed by atoms with E-state index in [1.807, 2.05) is 19.1 Å². The minimum absolute atomic E-state index is 0.00610. The Hall–Kier alpha value is -1.26. The van der Waals surface area contributed by atoms with E-state index in [9.17, 15) is 9.59 Å². The fourth-order valence-electron chi connectivity index (χ4n) is 3.32. The van der Waals surface area contributed by atoms with Crippen LogP contribution in [0.1, 0.15) is 24.8 Å². The molecule has 0 radical (unpaired) electrons. The zero-order valence-electron chi connectivity index (χ0n) is 12.1. The zero-order valence-corrected chi connectivity index (χ0v) is 13.6. The van der Waals surface area contributed by atoms with Crippen molar-refractivity contribution in [2.24, 2.45) is 17.8 Å². The summed E-state index contributed by atoms with van der Waals surface area (Å²) in [7, 11) is 0. The standard InChI is InChI=1S/C16H17Cl2NO3/c1-8-6-19(7-12(8)16(21)22)15(20)11-5-10(11)9-3-2-4-13(17)14(9)18/h2-4,8,10-12H,5-7H2,1H3,(H,21,22)/t8-,10?,11?,12-/m1/s1. The average Bonchev–Trinajstić information content (AvgIpc) is 3.16. The first-order valence-corrected chi connectivity index (χ1v) is 8.11. The van der Waals surface area contributed by atoms with E-state index >= 15 is 0 Å². The van der Waals surface area contributed by atoms with Crippen LogP contribution in [0.15, 0.2) is 18.2 Å². The van der Waals surface area contributed by atoms with Gasteiger partial charge < -0.3 is 10.0 Å². The first-order valence-electron chi connectivity index (χ1n) is 7.35. The quantitative estimate of drug-likeness (QED) is 0.917. The minimum Gasteiger partial charge on any atom is -0.481 e. The van der Waals surface area contributed by atoms with Gasteiger partial charge in [-0.25, -0.2) is 0 Å². The molecule has 3 rings (SSSR count). The number of halogens is 2. The van der Waals surface area contributed by atoms with Gasteiger partial charge in [-0.05, 0) is 29.9 Å². The molecule has 2 fully saturated rings. The highest BCUT2D eigenvalue weighted by Gasteiger charge is 2.49. The largest absolute Gasteiger partial charge is 0.481 e. The molecule has 0 spiro atoms. The predicted molar refractivity (Wildman–Crippen MR) is 84.2 cm³/mol. The molecule has 22 heavy (non-hydrogen) atoms. The van der Waals surface area contributed by atoms with Gasteiger partial charge in [-0.1, -0.05) is 42.3 Å². The van der Waals surface area contributed by atoms with Gasteiger partial charge in [-0.2, -0.15) is 0 Å². The van der Waals surface area contributed by atoms with Crippen molar-refractivity contribution in [1.29, 1.82) is 0 Å². The molecule has 1 saturated heterocycles. The SMILES string of the molecule is C[C@@H]1CN(C(=O)C2CC2c2cccc(Cl)c2Cl)C[C@H]1C(=O)O. The number of nitrogens with zero attached hydrogens (tertiary/aromatic N) is 1. The summed E-state index contributed by atoms with van der Waals surface area (Å²) in [6, 6.07) is 5.47. The van der Waals surface area contributed by atoms with Crippen LogP contribution in [0.5, 0.6) is 0 Å². The van der Waals surface area contributed by atoms with Gasteiger partial charge >= 0.3 is 5.97 Å². The van der Waals surface area contributed by atoms with Crippen molar-refractivity contribution in [2.45, 2.75) is 19.3 Å². The number of aliphatic carboxylic acids is 1. The normalized spacial score (nSPS) is 30.4. The lowest BCUT2D eigenvalue weighted by atomic mass is 9.99. The second-order valence-electron chi connectivity index (χ2n) is 6.26. The highest BCUT2D eigenvalue weighted by atomic mass is 35.5. The number of carbonyl (C=O) groups excluding carboxylic acids is 1. The molecule has 118 valence electrons. The van der Waals surface area contributed by atoms with Crippen LogP contribution in [0.2, 0.25) is 10.0 Å². The van der Waals surface area contributed by atoms with E-state index in [1.54, 1.807) is 11.0 Å². The van der Waals surface area contributed by atoms with Crippen molar-refractivity contribution < 1.29 is 14.7 Å². The van der Waals surface area contributed by atoms with Gasteiger partial charge in [0.1, 0.15) is 0 Å². The Bertz CT molecular complexity index is 634. The summed E-state index contributed by atoms with van der Waals surface area (Å²) in [4.78, 5) is 25.4. The molecule has 0 aromatic heterocycles. The lowest BCUT2D eigenvalue weighted by molar-refractivity contribution is -0.142. The van der Waals surface area contributed by atoms with Crippen molar-refractivity contribution in [3.8, 4) is 0 Å². The van der Waals surface area contributed by atoms with Crippen LogP contribution in [-0.2, 0) is 9.59 Å². The van der Waals surface area contributed by atoms with Gasteiger partial charge in [0.2, 0.25) is 5.91 Å². The van der Waals surface area contributed by atoms with Gasteiger partial charge in [0.05, 0.1) is 16.0 Å². The van der Waals surface area contributed by atoms with Crippen molar-refractivity contribution >= 4 is 35.1 Å². The molecule has 1 aliphatic heterocycles. The molecular weight excluding hydrogens is 325 g/mol. The monoisotopic (exact) mass is 341 g/mol. The predicted octanol–water partition coefficient (Wildman–Crippen LogP) is 3.28. The van der Waals surface area contributed by atoms with Crippen LogP contribution >= 0.6 is 23.2 Å². The number of carboxylic acids is 1. The van der Waals surface area contributed by atoms with Crippen molar-refractivity contribution in [3.63, 3.8) is 0 Å². The Balaban J connectivity index is 1.69. The topological polar surface area (TPSA) is 57.6 Å². The van der Waals surface area contributed by atoms with Gasteiger partial charge in [0.25, 0.3) is 0 Å². The Morgan fingerprint density at radius 1 is 1.23 bits per heavy atom. The number of likely N-dealkylation sites (tertiary alicyclic amines) is 1. The summed E-state index contributed by atoms with van der Waals surface area (Å²) < 4.78 is 0. The number of rotatable bonds is 3. The lowest BCUT2D eigenvalue weighted by Gasteiger charge is -2.16. The Kier molecular flexibility index (Phi) is 4.08. The molecule has 1 amide bonds. The Morgan fingerprint density at radius 2 is 1.95 bits per heavy atom. The summed E-state index contributed by atoms with van der Waals surface area (Å²) in [6.45, 7) is 2.70. The number of hydrogen-bond donors (Lipinski definition) is 1. The molecule has 1 aromatic rings. The van der Waals surface area contributed by atoms with Gasteiger partial charge in [0.15, 0.2) is 0 Å². The Morgan fingerprint density at radius 3 is 2.59 bits per heavy atom. The molecule has 1 N–H and O–H groups in total.